The summed E-state index contributed by atoms with van der Waals surface area (Å²) in [4.78, 5) is 22.8. The van der Waals surface area contributed by atoms with Gasteiger partial charge in [-0.25, -0.2) is 4.98 Å². The summed E-state index contributed by atoms with van der Waals surface area (Å²) >= 11 is 2.91. The van der Waals surface area contributed by atoms with Crippen LogP contribution in [0.15, 0.2) is 59.8 Å². The lowest BCUT2D eigenvalue weighted by Gasteiger charge is -2.32. The molecule has 5 rings (SSSR count). The predicted octanol–water partition coefficient (Wildman–Crippen LogP) is 5.51. The van der Waals surface area contributed by atoms with Gasteiger partial charge in [0, 0.05) is 42.7 Å². The number of thioether (sulfide) groups is 1. The lowest BCUT2D eigenvalue weighted by Crippen LogP contribution is -2.44. The van der Waals surface area contributed by atoms with E-state index in [9.17, 15) is 18.0 Å². The van der Waals surface area contributed by atoms with Crippen LogP contribution in [-0.2, 0) is 12.8 Å². The molecule has 40 heavy (non-hydrogen) atoms. The van der Waals surface area contributed by atoms with Gasteiger partial charge >= 0.3 is 6.18 Å². The summed E-state index contributed by atoms with van der Waals surface area (Å²) in [6.07, 6.45) is -1.74. The molecular weight excluding hydrogens is 559 g/mol. The zero-order chi connectivity index (χ0) is 28.3. The molecule has 0 unspecified atom stereocenters. The molecule has 1 aliphatic heterocycles. The number of hydrogen-bond acceptors (Lipinski definition) is 7. The Morgan fingerprint density at radius 2 is 1.90 bits per heavy atom. The maximum Gasteiger partial charge on any atom is 0.416 e. The summed E-state index contributed by atoms with van der Waals surface area (Å²) in [5, 5.41) is 0.628. The third-order valence-electron chi connectivity index (χ3n) is 6.85. The number of aromatic nitrogens is 2. The van der Waals surface area contributed by atoms with Gasteiger partial charge < -0.3 is 20.3 Å². The van der Waals surface area contributed by atoms with Crippen molar-refractivity contribution in [1.82, 2.24) is 19.4 Å². The van der Waals surface area contributed by atoms with E-state index in [1.54, 1.807) is 24.2 Å². The van der Waals surface area contributed by atoms with E-state index in [0.29, 0.717) is 5.00 Å². The van der Waals surface area contributed by atoms with Crippen molar-refractivity contribution < 1.29 is 22.7 Å². The van der Waals surface area contributed by atoms with Crippen LogP contribution in [-0.4, -0.2) is 70.8 Å². The number of fused-ring (bicyclic) bond motifs is 1. The number of hydrogen-bond donors (Lipinski definition) is 1. The van der Waals surface area contributed by atoms with E-state index in [4.69, 9.17) is 10.5 Å². The number of imidazole rings is 1. The first-order valence-corrected chi connectivity index (χ1v) is 14.7. The van der Waals surface area contributed by atoms with E-state index in [1.807, 2.05) is 16.7 Å². The highest BCUT2D eigenvalue weighted by Gasteiger charge is 2.33. The van der Waals surface area contributed by atoms with Crippen LogP contribution < -0.4 is 10.5 Å². The number of halogens is 3. The van der Waals surface area contributed by atoms with Gasteiger partial charge in [0.1, 0.15) is 28.6 Å². The zero-order valence-corrected chi connectivity index (χ0v) is 23.6. The Kier molecular flexibility index (Phi) is 8.69. The summed E-state index contributed by atoms with van der Waals surface area (Å²) in [5.41, 5.74) is 6.41. The maximum absolute atomic E-state index is 13.4. The molecule has 2 aromatic carbocycles. The number of thiophene rings is 1. The Labute approximate surface area is 238 Å². The smallest absolute Gasteiger partial charge is 0.416 e. The van der Waals surface area contributed by atoms with Crippen LogP contribution in [0.4, 0.5) is 13.2 Å². The van der Waals surface area contributed by atoms with Gasteiger partial charge in [-0.05, 0) is 50.0 Å². The highest BCUT2D eigenvalue weighted by atomic mass is 32.2. The number of amides is 1. The number of carbonyl (C=O) groups excluding carboxylic acids is 1. The van der Waals surface area contributed by atoms with Crippen molar-refractivity contribution in [3.05, 3.63) is 70.9 Å². The second kappa shape index (κ2) is 12.2. The Morgan fingerprint density at radius 3 is 2.65 bits per heavy atom. The molecule has 0 spiro atoms. The molecule has 3 heterocycles. The van der Waals surface area contributed by atoms with E-state index in [2.05, 4.69) is 27.9 Å². The standard InChI is InChI=1S/C28H30F3N5O2S2/c1-34-10-12-35(13-11-34)9-4-14-39-20-7-8-23-22(15-20)33-18-36(23)25-16-24(26(40-25)27(32)37)38-17-19-5-2-3-6-21(19)28(29,30)31/h2-3,5-8,15-16,18H,4,9-14,17H2,1H3,(H2,32,37). The molecule has 0 atom stereocenters. The molecule has 212 valence electrons. The van der Waals surface area contributed by atoms with Crippen molar-refractivity contribution in [2.45, 2.75) is 24.1 Å². The van der Waals surface area contributed by atoms with Gasteiger partial charge in [0.15, 0.2) is 0 Å². The van der Waals surface area contributed by atoms with Crippen molar-refractivity contribution in [3.8, 4) is 10.8 Å². The predicted molar refractivity (Wildman–Crippen MR) is 153 cm³/mol. The highest BCUT2D eigenvalue weighted by Crippen LogP contribution is 2.36. The number of piperazine rings is 1. The van der Waals surface area contributed by atoms with E-state index in [1.165, 1.54) is 18.2 Å². The largest absolute Gasteiger partial charge is 0.487 e. The van der Waals surface area contributed by atoms with Gasteiger partial charge in [0.2, 0.25) is 0 Å². The summed E-state index contributed by atoms with van der Waals surface area (Å²) in [5.74, 6) is 0.442. The van der Waals surface area contributed by atoms with Crippen LogP contribution in [0, 0.1) is 0 Å². The summed E-state index contributed by atoms with van der Waals surface area (Å²) in [6.45, 7) is 5.24. The number of likely N-dealkylation sites (N-methyl/N-ethyl adjacent to an activating group) is 1. The van der Waals surface area contributed by atoms with E-state index < -0.39 is 17.6 Å². The van der Waals surface area contributed by atoms with Crippen molar-refractivity contribution in [3.63, 3.8) is 0 Å². The van der Waals surface area contributed by atoms with Crippen LogP contribution in [0.25, 0.3) is 16.0 Å². The van der Waals surface area contributed by atoms with Crippen LogP contribution in [0.5, 0.6) is 5.75 Å². The Balaban J connectivity index is 1.27. The third kappa shape index (κ3) is 6.63. The van der Waals surface area contributed by atoms with Gasteiger partial charge in [0.25, 0.3) is 5.91 Å². The Hall–Kier alpha value is -3.06. The number of primary amides is 1. The fourth-order valence-electron chi connectivity index (χ4n) is 4.65. The minimum atomic E-state index is -4.51. The SMILES string of the molecule is CN1CCN(CCCSc2ccc3c(c2)ncn3-c2cc(OCc3ccccc3C(F)(F)F)c(C(N)=O)s2)CC1. The average molecular weight is 590 g/mol. The van der Waals surface area contributed by atoms with Gasteiger partial charge in [-0.2, -0.15) is 13.2 Å². The minimum Gasteiger partial charge on any atom is -0.487 e. The van der Waals surface area contributed by atoms with Crippen molar-refractivity contribution in [1.29, 1.82) is 0 Å². The summed E-state index contributed by atoms with van der Waals surface area (Å²) in [6, 6.07) is 12.9. The van der Waals surface area contributed by atoms with Gasteiger partial charge in [0.05, 0.1) is 16.6 Å². The molecular formula is C28H30F3N5O2S2. The molecule has 1 saturated heterocycles. The fraction of sp³-hybridized carbons (Fsp3) is 0.357. The molecule has 4 aromatic rings. The number of nitrogens with two attached hydrogens (primary N) is 1. The number of ether oxygens (including phenoxy) is 1. The Morgan fingerprint density at radius 1 is 1.12 bits per heavy atom. The first kappa shape index (κ1) is 28.5. The monoisotopic (exact) mass is 589 g/mol. The van der Waals surface area contributed by atoms with E-state index >= 15 is 0 Å². The van der Waals surface area contributed by atoms with Gasteiger partial charge in [-0.15, -0.1) is 23.1 Å². The minimum absolute atomic E-state index is 0.0280. The highest BCUT2D eigenvalue weighted by molar-refractivity contribution is 7.99. The number of alkyl halides is 3. The quantitative estimate of drug-likeness (QED) is 0.194. The fourth-order valence-corrected chi connectivity index (χ4v) is 6.45. The first-order chi connectivity index (χ1) is 19.2. The molecule has 7 nitrogen and oxygen atoms in total. The van der Waals surface area contributed by atoms with Crippen molar-refractivity contribution >= 4 is 40.0 Å². The lowest BCUT2D eigenvalue weighted by molar-refractivity contribution is -0.138. The maximum atomic E-state index is 13.4. The Bertz CT molecular complexity index is 1480. The van der Waals surface area contributed by atoms with Crippen LogP contribution >= 0.6 is 23.1 Å². The lowest BCUT2D eigenvalue weighted by atomic mass is 10.1. The van der Waals surface area contributed by atoms with E-state index in [0.717, 1.165) is 78.2 Å². The van der Waals surface area contributed by atoms with Crippen molar-refractivity contribution in [2.24, 2.45) is 5.73 Å². The molecule has 0 aliphatic carbocycles. The van der Waals surface area contributed by atoms with Gasteiger partial charge in [-0.1, -0.05) is 18.2 Å². The van der Waals surface area contributed by atoms with E-state index in [-0.39, 0.29) is 22.8 Å². The number of carbonyl (C=O) groups is 1. The number of nitrogens with zero attached hydrogens (tertiary/aromatic N) is 4. The molecule has 1 amide bonds. The molecule has 0 bridgehead atoms. The average Bonchev–Trinajstić information content (AvgIpc) is 3.54. The third-order valence-corrected chi connectivity index (χ3v) is 9.06. The summed E-state index contributed by atoms with van der Waals surface area (Å²) < 4.78 is 47.7. The topological polar surface area (TPSA) is 76.6 Å². The molecule has 1 fully saturated rings. The molecule has 1 aliphatic rings. The number of benzene rings is 2. The molecule has 0 saturated carbocycles. The number of rotatable bonds is 10. The molecule has 2 aromatic heterocycles. The van der Waals surface area contributed by atoms with Gasteiger partial charge in [-0.3, -0.25) is 9.36 Å². The normalized spacial score (nSPS) is 15.1. The zero-order valence-electron chi connectivity index (χ0n) is 22.0. The second-order valence-corrected chi connectivity index (χ2v) is 11.9. The second-order valence-electron chi connectivity index (χ2n) is 9.70. The molecule has 0 radical (unpaired) electrons. The summed E-state index contributed by atoms with van der Waals surface area (Å²) in [7, 11) is 2.16. The van der Waals surface area contributed by atoms with Crippen LogP contribution in [0.1, 0.15) is 27.2 Å². The molecule has 12 heteroatoms. The molecule has 2 N–H and O–H groups in total. The van der Waals surface area contributed by atoms with Crippen molar-refractivity contribution in [2.75, 3.05) is 45.5 Å². The van der Waals surface area contributed by atoms with Crippen LogP contribution in [0.2, 0.25) is 0 Å². The first-order valence-electron chi connectivity index (χ1n) is 12.9. The van der Waals surface area contributed by atoms with Crippen LogP contribution in [0.3, 0.4) is 0 Å².